The van der Waals surface area contributed by atoms with E-state index in [1.54, 1.807) is 42.6 Å². The second-order valence-electron chi connectivity index (χ2n) is 21.5. The number of fused-ring (bicyclic) bond motifs is 1. The third-order valence-corrected chi connectivity index (χ3v) is 17.4. The van der Waals surface area contributed by atoms with Gasteiger partial charge in [0.2, 0.25) is 0 Å². The number of carbonyl (C=O) groups is 1. The molecule has 15 nitrogen and oxygen atoms in total. The first kappa shape index (κ1) is 50.1. The van der Waals surface area contributed by atoms with Gasteiger partial charge in [-0.05, 0) is 129 Å². The number of aromatic nitrogens is 2. The number of aromatic amines is 1. The number of aliphatic hydroxyl groups is 1. The molecule has 1 unspecified atom stereocenters. The van der Waals surface area contributed by atoms with Gasteiger partial charge in [-0.1, -0.05) is 56.3 Å². The maximum absolute atomic E-state index is 14.8. The van der Waals surface area contributed by atoms with Crippen molar-refractivity contribution in [2.75, 3.05) is 49.5 Å². The molecule has 2 saturated heterocycles. The third-order valence-electron chi connectivity index (χ3n) is 16.1. The molecular formula is C56H65FN8O7S. The fraction of sp³-hybridized carbons (Fsp3) is 0.429. The lowest BCUT2D eigenvalue weighted by molar-refractivity contribution is -0.384. The molecule has 2 aliphatic heterocycles. The summed E-state index contributed by atoms with van der Waals surface area (Å²) in [5.41, 5.74) is 4.08. The summed E-state index contributed by atoms with van der Waals surface area (Å²) >= 11 is 0. The molecule has 1 spiro atoms. The highest BCUT2D eigenvalue weighted by Gasteiger charge is 2.50. The molecule has 384 valence electrons. The third kappa shape index (κ3) is 11.0. The monoisotopic (exact) mass is 1010 g/mol. The van der Waals surface area contributed by atoms with Crippen molar-refractivity contribution in [1.82, 2.24) is 24.5 Å². The molecule has 0 bridgehead atoms. The minimum atomic E-state index is -4.60. The Morgan fingerprint density at radius 2 is 1.71 bits per heavy atom. The van der Waals surface area contributed by atoms with Crippen LogP contribution in [0.15, 0.2) is 114 Å². The molecule has 1 atom stereocenters. The summed E-state index contributed by atoms with van der Waals surface area (Å²) in [4.78, 5) is 40.2. The van der Waals surface area contributed by atoms with Gasteiger partial charge in [0.25, 0.3) is 21.6 Å². The van der Waals surface area contributed by atoms with Crippen LogP contribution in [0.2, 0.25) is 0 Å². The lowest BCUT2D eigenvalue weighted by Gasteiger charge is -2.58. The van der Waals surface area contributed by atoms with E-state index in [1.807, 2.05) is 25.1 Å². The first-order valence-corrected chi connectivity index (χ1v) is 27.1. The van der Waals surface area contributed by atoms with Crippen LogP contribution >= 0.6 is 0 Å². The summed E-state index contributed by atoms with van der Waals surface area (Å²) in [6, 6.07) is 28.8. The number of nitrogens with zero attached hydrogens (tertiary/aromatic N) is 5. The minimum Gasteiger partial charge on any atom is -0.455 e. The zero-order valence-corrected chi connectivity index (χ0v) is 42.5. The zero-order valence-electron chi connectivity index (χ0n) is 41.7. The maximum Gasteiger partial charge on any atom is 0.293 e. The average Bonchev–Trinajstić information content (AvgIpc) is 3.84. The molecule has 4 N–H and O–H groups in total. The summed E-state index contributed by atoms with van der Waals surface area (Å²) in [6.07, 6.45) is 10.2. The number of piperidine rings is 1. The van der Waals surface area contributed by atoms with Crippen molar-refractivity contribution in [2.45, 2.75) is 107 Å². The normalized spacial score (nSPS) is 21.8. The molecular weight excluding hydrogens is 948 g/mol. The number of rotatable bonds is 15. The Bertz CT molecular complexity index is 3100. The van der Waals surface area contributed by atoms with Crippen LogP contribution in [0.3, 0.4) is 0 Å². The van der Waals surface area contributed by atoms with Crippen LogP contribution < -0.4 is 19.7 Å². The van der Waals surface area contributed by atoms with Crippen molar-refractivity contribution < 1.29 is 32.4 Å². The smallest absolute Gasteiger partial charge is 0.293 e. The first-order chi connectivity index (χ1) is 35.0. The highest BCUT2D eigenvalue weighted by atomic mass is 32.2. The van der Waals surface area contributed by atoms with E-state index in [0.29, 0.717) is 49.3 Å². The topological polar surface area (TPSA) is 186 Å². The molecule has 4 heterocycles. The number of piperazine rings is 1. The van der Waals surface area contributed by atoms with Gasteiger partial charge in [-0.3, -0.25) is 24.7 Å². The van der Waals surface area contributed by atoms with Crippen LogP contribution in [0.4, 0.5) is 21.5 Å². The number of hydrogen-bond donors (Lipinski definition) is 4. The van der Waals surface area contributed by atoms with Gasteiger partial charge in [-0.2, -0.15) is 0 Å². The van der Waals surface area contributed by atoms with Crippen LogP contribution in [-0.2, 0) is 16.6 Å². The Morgan fingerprint density at radius 1 is 0.959 bits per heavy atom. The van der Waals surface area contributed by atoms with Gasteiger partial charge in [0.1, 0.15) is 28.7 Å². The number of sulfonamides is 1. The molecule has 4 aromatic carbocycles. The number of pyridine rings is 1. The number of nitro groups is 1. The molecule has 10 rings (SSSR count). The number of hydrogen-bond acceptors (Lipinski definition) is 12. The van der Waals surface area contributed by atoms with Gasteiger partial charge in [-0.25, -0.2) is 22.5 Å². The number of halogens is 1. The molecule has 4 aliphatic rings. The predicted molar refractivity (Wildman–Crippen MR) is 280 cm³/mol. The lowest BCUT2D eigenvalue weighted by atomic mass is 9.59. The molecule has 2 aromatic heterocycles. The quantitative estimate of drug-likeness (QED) is 0.0564. The van der Waals surface area contributed by atoms with E-state index in [9.17, 15) is 32.8 Å². The van der Waals surface area contributed by atoms with Gasteiger partial charge in [0, 0.05) is 92.9 Å². The van der Waals surface area contributed by atoms with Crippen molar-refractivity contribution in [3.05, 3.63) is 148 Å². The molecule has 17 heteroatoms. The van der Waals surface area contributed by atoms with E-state index >= 15 is 0 Å². The lowest BCUT2D eigenvalue weighted by Crippen LogP contribution is -2.60. The molecule has 73 heavy (non-hydrogen) atoms. The maximum atomic E-state index is 14.8. The van der Waals surface area contributed by atoms with Crippen molar-refractivity contribution in [2.24, 2.45) is 11.3 Å². The van der Waals surface area contributed by atoms with Crippen LogP contribution in [0, 0.1) is 27.3 Å². The van der Waals surface area contributed by atoms with E-state index in [-0.39, 0.29) is 40.2 Å². The summed E-state index contributed by atoms with van der Waals surface area (Å²) in [7, 11) is -4.60. The predicted octanol–water partition coefficient (Wildman–Crippen LogP) is 10.3. The van der Waals surface area contributed by atoms with Crippen LogP contribution in [-0.4, -0.2) is 95.0 Å². The standard InChI is InChI=1S/C56H65FN8O7S/c1-37(2)45-9-5-6-10-46(45)51-36-62(35-40-8-4-7-11-48(40)57)26-27-64(51)42-31-56(32-42)21-24-63(25-22-56)41-12-14-47(52(29-41)72-43-28-39-18-23-58-53(39)60-34-43)54(66)61-73(70,71)44-13-15-49(50(30-44)65(68)69)59-33-38-16-19-55(3,67)20-17-38/h4-15,18,23,28-30,34,37-38,42,51,59,67H,16-17,19-22,24-27,31-33,35-36H2,1-3H3,(H,58,60)(H,61,66)/t38-,51?,55-. The SMILES string of the molecule is CC(C)c1ccccc1C1CN(Cc2ccccc2F)CCN1C1CC2(CCN(c3ccc(C(=O)NS(=O)(=O)c4ccc(NC[C@H]5CC[C@](C)(O)CC5)c([N+](=O)[O-])c4)c(Oc4cnc5[nH]ccc5c4)c3)CC2)C1. The van der Waals surface area contributed by atoms with E-state index in [0.717, 1.165) is 94.0 Å². The number of carbonyl (C=O) groups excluding carboxylic acids is 1. The fourth-order valence-corrected chi connectivity index (χ4v) is 12.8. The Labute approximate surface area is 426 Å². The molecule has 6 aromatic rings. The Kier molecular flexibility index (Phi) is 14.1. The van der Waals surface area contributed by atoms with Gasteiger partial charge < -0.3 is 25.0 Å². The van der Waals surface area contributed by atoms with Crippen LogP contribution in [0.5, 0.6) is 11.5 Å². The number of nitrogens with one attached hydrogen (secondary N) is 3. The van der Waals surface area contributed by atoms with Crippen LogP contribution in [0.25, 0.3) is 11.0 Å². The van der Waals surface area contributed by atoms with Gasteiger partial charge >= 0.3 is 0 Å². The summed E-state index contributed by atoms with van der Waals surface area (Å²) < 4.78 is 51.0. The molecule has 0 radical (unpaired) electrons. The highest BCUT2D eigenvalue weighted by Crippen LogP contribution is 2.53. The second kappa shape index (κ2) is 20.5. The van der Waals surface area contributed by atoms with Gasteiger partial charge in [0.15, 0.2) is 0 Å². The van der Waals surface area contributed by atoms with Gasteiger partial charge in [-0.15, -0.1) is 0 Å². The number of H-pyrrole nitrogens is 1. The van der Waals surface area contributed by atoms with E-state index < -0.39 is 37.0 Å². The first-order valence-electron chi connectivity index (χ1n) is 25.6. The number of benzene rings is 4. The fourth-order valence-electron chi connectivity index (χ4n) is 11.8. The van der Waals surface area contributed by atoms with E-state index in [1.165, 1.54) is 29.5 Å². The van der Waals surface area contributed by atoms with E-state index in [2.05, 4.69) is 72.8 Å². The minimum absolute atomic E-state index is 0.0429. The average molecular weight is 1010 g/mol. The number of ether oxygens (including phenoxy) is 1. The van der Waals surface area contributed by atoms with Crippen LogP contribution in [0.1, 0.15) is 111 Å². The number of anilines is 2. The summed E-state index contributed by atoms with van der Waals surface area (Å²) in [5.74, 6) is -0.0862. The Balaban J connectivity index is 0.834. The highest BCUT2D eigenvalue weighted by molar-refractivity contribution is 7.90. The van der Waals surface area contributed by atoms with Crippen molar-refractivity contribution in [3.63, 3.8) is 0 Å². The van der Waals surface area contributed by atoms with E-state index in [4.69, 9.17) is 4.74 Å². The second-order valence-corrected chi connectivity index (χ2v) is 23.2. The van der Waals surface area contributed by atoms with Crippen molar-refractivity contribution >= 4 is 44.0 Å². The summed E-state index contributed by atoms with van der Waals surface area (Å²) in [6.45, 7) is 11.5. The summed E-state index contributed by atoms with van der Waals surface area (Å²) in [5, 5.41) is 26.5. The molecule has 2 saturated carbocycles. The molecule has 4 fully saturated rings. The van der Waals surface area contributed by atoms with Gasteiger partial charge in [0.05, 0.1) is 27.2 Å². The largest absolute Gasteiger partial charge is 0.455 e. The zero-order chi connectivity index (χ0) is 51.1. The van der Waals surface area contributed by atoms with Crippen molar-refractivity contribution in [3.8, 4) is 11.5 Å². The molecule has 2 aliphatic carbocycles. The number of nitro benzene ring substituents is 1. The number of amides is 1. The Hall–Kier alpha value is -6.40. The Morgan fingerprint density at radius 3 is 2.47 bits per heavy atom. The molecule has 1 amide bonds. The van der Waals surface area contributed by atoms with Crippen molar-refractivity contribution in [1.29, 1.82) is 0 Å².